The SMILES string of the molecule is Oc1ccccc1C1=CCC1. The lowest BCUT2D eigenvalue weighted by Gasteiger charge is -2.15. The zero-order chi connectivity index (χ0) is 7.68. The number of phenolic OH excluding ortho intramolecular Hbond substituents is 1. The molecule has 1 aromatic carbocycles. The van der Waals surface area contributed by atoms with E-state index in [2.05, 4.69) is 6.08 Å². The van der Waals surface area contributed by atoms with Crippen molar-refractivity contribution in [1.29, 1.82) is 0 Å². The molecule has 0 saturated heterocycles. The van der Waals surface area contributed by atoms with Gasteiger partial charge in [0.1, 0.15) is 5.75 Å². The zero-order valence-electron chi connectivity index (χ0n) is 6.25. The summed E-state index contributed by atoms with van der Waals surface area (Å²) in [4.78, 5) is 0. The van der Waals surface area contributed by atoms with E-state index in [1.165, 1.54) is 5.57 Å². The molecule has 1 aromatic rings. The molecule has 0 aromatic heterocycles. The lowest BCUT2D eigenvalue weighted by Crippen LogP contribution is -1.92. The van der Waals surface area contributed by atoms with Gasteiger partial charge in [-0.1, -0.05) is 24.3 Å². The van der Waals surface area contributed by atoms with Crippen LogP contribution in [0, 0.1) is 0 Å². The standard InChI is InChI=1S/C10H10O/c11-10-7-2-1-6-9(10)8-4-3-5-8/h1-2,4,6-7,11H,3,5H2. The monoisotopic (exact) mass is 146 g/mol. The molecule has 2 rings (SSSR count). The topological polar surface area (TPSA) is 20.2 Å². The minimum atomic E-state index is 0.401. The van der Waals surface area contributed by atoms with Gasteiger partial charge in [-0.05, 0) is 24.5 Å². The van der Waals surface area contributed by atoms with Crippen molar-refractivity contribution in [2.75, 3.05) is 0 Å². The Balaban J connectivity index is 2.44. The van der Waals surface area contributed by atoms with Gasteiger partial charge in [0.05, 0.1) is 0 Å². The summed E-state index contributed by atoms with van der Waals surface area (Å²) in [6.45, 7) is 0. The molecule has 0 aliphatic heterocycles. The zero-order valence-corrected chi connectivity index (χ0v) is 6.25. The molecule has 1 aliphatic carbocycles. The van der Waals surface area contributed by atoms with Crippen LogP contribution in [0.1, 0.15) is 18.4 Å². The summed E-state index contributed by atoms with van der Waals surface area (Å²) in [5, 5.41) is 9.41. The molecule has 56 valence electrons. The van der Waals surface area contributed by atoms with Gasteiger partial charge in [0.15, 0.2) is 0 Å². The summed E-state index contributed by atoms with van der Waals surface area (Å²) in [5.74, 6) is 0.401. The molecule has 1 aliphatic rings. The van der Waals surface area contributed by atoms with E-state index in [0.717, 1.165) is 18.4 Å². The minimum absolute atomic E-state index is 0.401. The number of hydrogen-bond donors (Lipinski definition) is 1. The van der Waals surface area contributed by atoms with Gasteiger partial charge in [0.25, 0.3) is 0 Å². The molecule has 0 bridgehead atoms. The van der Waals surface area contributed by atoms with Gasteiger partial charge in [0.2, 0.25) is 0 Å². The molecule has 0 fully saturated rings. The number of benzene rings is 1. The molecule has 11 heavy (non-hydrogen) atoms. The lowest BCUT2D eigenvalue weighted by atomic mass is 9.91. The van der Waals surface area contributed by atoms with Gasteiger partial charge in [-0.2, -0.15) is 0 Å². The van der Waals surface area contributed by atoms with Gasteiger partial charge in [0, 0.05) is 5.56 Å². The van der Waals surface area contributed by atoms with Gasteiger partial charge in [-0.3, -0.25) is 0 Å². The van der Waals surface area contributed by atoms with E-state index in [-0.39, 0.29) is 0 Å². The smallest absolute Gasteiger partial charge is 0.123 e. The highest BCUT2D eigenvalue weighted by molar-refractivity contribution is 5.73. The third-order valence-corrected chi connectivity index (χ3v) is 2.05. The van der Waals surface area contributed by atoms with Crippen LogP contribution in [-0.2, 0) is 0 Å². The first kappa shape index (κ1) is 6.47. The van der Waals surface area contributed by atoms with Crippen LogP contribution in [0.4, 0.5) is 0 Å². The third-order valence-electron chi connectivity index (χ3n) is 2.05. The van der Waals surface area contributed by atoms with Crippen LogP contribution in [0.25, 0.3) is 5.57 Å². The van der Waals surface area contributed by atoms with Crippen molar-refractivity contribution in [3.63, 3.8) is 0 Å². The van der Waals surface area contributed by atoms with E-state index in [0.29, 0.717) is 5.75 Å². The van der Waals surface area contributed by atoms with Crippen LogP contribution < -0.4 is 0 Å². The molecule has 0 saturated carbocycles. The Hall–Kier alpha value is -1.24. The molecule has 0 spiro atoms. The summed E-state index contributed by atoms with van der Waals surface area (Å²) < 4.78 is 0. The molecule has 0 heterocycles. The number of para-hydroxylation sites is 1. The van der Waals surface area contributed by atoms with E-state index < -0.39 is 0 Å². The summed E-state index contributed by atoms with van der Waals surface area (Å²) in [7, 11) is 0. The van der Waals surface area contributed by atoms with Gasteiger partial charge >= 0.3 is 0 Å². The second-order valence-electron chi connectivity index (χ2n) is 2.79. The molecule has 0 unspecified atom stereocenters. The quantitative estimate of drug-likeness (QED) is 0.645. The van der Waals surface area contributed by atoms with E-state index in [1.807, 2.05) is 18.2 Å². The predicted octanol–water partition coefficient (Wildman–Crippen LogP) is 2.57. The summed E-state index contributed by atoms with van der Waals surface area (Å²) >= 11 is 0. The highest BCUT2D eigenvalue weighted by atomic mass is 16.3. The van der Waals surface area contributed by atoms with Crippen LogP contribution >= 0.6 is 0 Å². The first-order valence-electron chi connectivity index (χ1n) is 3.85. The van der Waals surface area contributed by atoms with E-state index in [4.69, 9.17) is 0 Å². The normalized spacial score (nSPS) is 15.5. The van der Waals surface area contributed by atoms with Crippen LogP contribution in [0.3, 0.4) is 0 Å². The maximum Gasteiger partial charge on any atom is 0.123 e. The van der Waals surface area contributed by atoms with Crippen LogP contribution in [-0.4, -0.2) is 5.11 Å². The predicted molar refractivity (Wildman–Crippen MR) is 45.3 cm³/mol. The number of hydrogen-bond acceptors (Lipinski definition) is 1. The van der Waals surface area contributed by atoms with Crippen molar-refractivity contribution in [3.05, 3.63) is 35.9 Å². The maximum atomic E-state index is 9.41. The number of aromatic hydroxyl groups is 1. The Kier molecular flexibility index (Phi) is 1.42. The average Bonchev–Trinajstić information content (AvgIpc) is 1.90. The molecule has 0 atom stereocenters. The Bertz CT molecular complexity index is 299. The van der Waals surface area contributed by atoms with Crippen LogP contribution in [0.5, 0.6) is 5.75 Å². The van der Waals surface area contributed by atoms with E-state index in [9.17, 15) is 5.11 Å². The number of allylic oxidation sites excluding steroid dienone is 2. The Morgan fingerprint density at radius 3 is 2.45 bits per heavy atom. The molecular formula is C10H10O. The summed E-state index contributed by atoms with van der Waals surface area (Å²) in [5.41, 5.74) is 2.28. The fraction of sp³-hybridized carbons (Fsp3) is 0.200. The largest absolute Gasteiger partial charge is 0.507 e. The minimum Gasteiger partial charge on any atom is -0.507 e. The average molecular weight is 146 g/mol. The maximum absolute atomic E-state index is 9.41. The van der Waals surface area contributed by atoms with E-state index in [1.54, 1.807) is 6.07 Å². The molecule has 0 amide bonds. The molecular weight excluding hydrogens is 136 g/mol. The van der Waals surface area contributed by atoms with E-state index >= 15 is 0 Å². The Labute approximate surface area is 66.0 Å². The second kappa shape index (κ2) is 2.42. The highest BCUT2D eigenvalue weighted by Crippen LogP contribution is 2.33. The summed E-state index contributed by atoms with van der Waals surface area (Å²) in [6, 6.07) is 7.49. The third kappa shape index (κ3) is 1.03. The highest BCUT2D eigenvalue weighted by Gasteiger charge is 2.10. The van der Waals surface area contributed by atoms with Gasteiger partial charge < -0.3 is 5.11 Å². The van der Waals surface area contributed by atoms with Crippen molar-refractivity contribution in [3.8, 4) is 5.75 Å². The fourth-order valence-electron chi connectivity index (χ4n) is 1.28. The Morgan fingerprint density at radius 1 is 1.18 bits per heavy atom. The second-order valence-corrected chi connectivity index (χ2v) is 2.79. The van der Waals surface area contributed by atoms with Crippen molar-refractivity contribution >= 4 is 5.57 Å². The fourth-order valence-corrected chi connectivity index (χ4v) is 1.28. The van der Waals surface area contributed by atoms with Crippen molar-refractivity contribution in [1.82, 2.24) is 0 Å². The molecule has 0 radical (unpaired) electrons. The van der Waals surface area contributed by atoms with Crippen LogP contribution in [0.2, 0.25) is 0 Å². The summed E-state index contributed by atoms with van der Waals surface area (Å²) in [6.07, 6.45) is 4.43. The van der Waals surface area contributed by atoms with Crippen molar-refractivity contribution in [2.45, 2.75) is 12.8 Å². The van der Waals surface area contributed by atoms with Crippen molar-refractivity contribution in [2.24, 2.45) is 0 Å². The number of phenols is 1. The molecule has 1 heteroatoms. The van der Waals surface area contributed by atoms with Crippen LogP contribution in [0.15, 0.2) is 30.3 Å². The first-order valence-corrected chi connectivity index (χ1v) is 3.85. The number of rotatable bonds is 1. The molecule has 1 N–H and O–H groups in total. The lowest BCUT2D eigenvalue weighted by molar-refractivity contribution is 0.473. The van der Waals surface area contributed by atoms with Gasteiger partial charge in [-0.15, -0.1) is 0 Å². The Morgan fingerprint density at radius 2 is 1.91 bits per heavy atom. The first-order chi connectivity index (χ1) is 5.38. The van der Waals surface area contributed by atoms with Gasteiger partial charge in [-0.25, -0.2) is 0 Å². The van der Waals surface area contributed by atoms with Crippen molar-refractivity contribution < 1.29 is 5.11 Å². The molecule has 1 nitrogen and oxygen atoms in total.